The van der Waals surface area contributed by atoms with Gasteiger partial charge in [0.15, 0.2) is 6.61 Å². The van der Waals surface area contributed by atoms with Crippen LogP contribution in [0.5, 0.6) is 5.75 Å². The third kappa shape index (κ3) is 5.54. The summed E-state index contributed by atoms with van der Waals surface area (Å²) in [6.07, 6.45) is 1.16. The molecule has 30 heavy (non-hydrogen) atoms. The second kappa shape index (κ2) is 9.98. The Hall–Kier alpha value is -2.53. The van der Waals surface area contributed by atoms with E-state index < -0.39 is 0 Å². The number of hydrogen-bond donors (Lipinski definition) is 0. The zero-order valence-corrected chi connectivity index (χ0v) is 18.7. The van der Waals surface area contributed by atoms with Crippen molar-refractivity contribution in [3.05, 3.63) is 63.7 Å². The fraction of sp³-hybridized carbons (Fsp3) is 0.417. The van der Waals surface area contributed by atoms with Crippen LogP contribution >= 0.6 is 11.6 Å². The van der Waals surface area contributed by atoms with Gasteiger partial charge in [0.25, 0.3) is 5.91 Å². The Bertz CT molecular complexity index is 903. The van der Waals surface area contributed by atoms with Crippen molar-refractivity contribution in [3.8, 4) is 5.75 Å². The van der Waals surface area contributed by atoms with Crippen molar-refractivity contribution in [3.63, 3.8) is 0 Å². The lowest BCUT2D eigenvalue weighted by atomic mass is 10.1. The van der Waals surface area contributed by atoms with Crippen molar-refractivity contribution < 1.29 is 14.3 Å². The highest BCUT2D eigenvalue weighted by Gasteiger charge is 2.24. The molecule has 1 heterocycles. The smallest absolute Gasteiger partial charge is 0.260 e. The third-order valence-corrected chi connectivity index (χ3v) is 5.99. The molecule has 2 amide bonds. The van der Waals surface area contributed by atoms with E-state index in [0.29, 0.717) is 44.0 Å². The number of aryl methyl sites for hydroxylation is 3. The summed E-state index contributed by atoms with van der Waals surface area (Å²) >= 11 is 5.90. The Morgan fingerprint density at radius 2 is 1.43 bits per heavy atom. The maximum absolute atomic E-state index is 12.6. The van der Waals surface area contributed by atoms with Gasteiger partial charge in [-0.15, -0.1) is 0 Å². The van der Waals surface area contributed by atoms with Gasteiger partial charge in [-0.1, -0.05) is 35.9 Å². The Kier molecular flexibility index (Phi) is 7.38. The summed E-state index contributed by atoms with van der Waals surface area (Å²) in [5, 5.41) is 0.697. The molecule has 0 N–H and O–H groups in total. The molecule has 0 bridgehead atoms. The Morgan fingerprint density at radius 1 is 0.867 bits per heavy atom. The van der Waals surface area contributed by atoms with E-state index in [0.717, 1.165) is 28.0 Å². The Labute approximate surface area is 183 Å². The van der Waals surface area contributed by atoms with Crippen LogP contribution in [-0.4, -0.2) is 54.4 Å². The molecule has 0 unspecified atom stereocenters. The summed E-state index contributed by atoms with van der Waals surface area (Å²) in [4.78, 5) is 28.7. The highest BCUT2D eigenvalue weighted by Crippen LogP contribution is 2.25. The fourth-order valence-corrected chi connectivity index (χ4v) is 3.76. The number of ether oxygens (including phenoxy) is 1. The number of piperazine rings is 1. The lowest BCUT2D eigenvalue weighted by Crippen LogP contribution is -2.51. The number of amides is 2. The average Bonchev–Trinajstić information content (AvgIpc) is 2.75. The molecule has 1 fully saturated rings. The van der Waals surface area contributed by atoms with Crippen LogP contribution in [0, 0.1) is 20.8 Å². The van der Waals surface area contributed by atoms with Crippen LogP contribution in [-0.2, 0) is 16.0 Å². The first-order valence-electron chi connectivity index (χ1n) is 10.3. The lowest BCUT2D eigenvalue weighted by molar-refractivity contribution is -0.140. The van der Waals surface area contributed by atoms with Gasteiger partial charge in [-0.2, -0.15) is 0 Å². The molecular weight excluding hydrogens is 400 g/mol. The molecule has 2 aromatic carbocycles. The molecule has 0 aromatic heterocycles. The van der Waals surface area contributed by atoms with Crippen LogP contribution in [0.25, 0.3) is 0 Å². The van der Waals surface area contributed by atoms with Crippen molar-refractivity contribution in [1.29, 1.82) is 0 Å². The number of carbonyl (C=O) groups excluding carboxylic acids is 2. The SMILES string of the molecule is Cc1ccc(C)c(OCC(=O)N2CCN(C(=O)CCc3ccc(Cl)cc3)CC2)c1C. The maximum Gasteiger partial charge on any atom is 0.260 e. The molecule has 0 spiro atoms. The van der Waals surface area contributed by atoms with Gasteiger partial charge >= 0.3 is 0 Å². The molecule has 160 valence electrons. The molecular formula is C24H29ClN2O3. The number of carbonyl (C=O) groups is 2. The first kappa shape index (κ1) is 22.2. The van der Waals surface area contributed by atoms with E-state index in [1.165, 1.54) is 0 Å². The normalized spacial score (nSPS) is 14.0. The van der Waals surface area contributed by atoms with Crippen LogP contribution in [0.2, 0.25) is 5.02 Å². The quantitative estimate of drug-likeness (QED) is 0.700. The van der Waals surface area contributed by atoms with Gasteiger partial charge in [0.2, 0.25) is 5.91 Å². The van der Waals surface area contributed by atoms with E-state index >= 15 is 0 Å². The summed E-state index contributed by atoms with van der Waals surface area (Å²) in [6.45, 7) is 8.27. The first-order valence-corrected chi connectivity index (χ1v) is 10.7. The van der Waals surface area contributed by atoms with Crippen molar-refractivity contribution in [2.45, 2.75) is 33.6 Å². The molecule has 5 nitrogen and oxygen atoms in total. The predicted octanol–water partition coefficient (Wildman–Crippen LogP) is 3.95. The average molecular weight is 429 g/mol. The van der Waals surface area contributed by atoms with Gasteiger partial charge in [0, 0.05) is 37.6 Å². The second-order valence-corrected chi connectivity index (χ2v) is 8.27. The standard InChI is InChI=1S/C24H29ClN2O3/c1-17-4-5-18(2)24(19(17)3)30-16-23(29)27-14-12-26(13-15-27)22(28)11-8-20-6-9-21(25)10-7-20/h4-7,9-10H,8,11-16H2,1-3H3. The van der Waals surface area contributed by atoms with Crippen molar-refractivity contribution in [2.24, 2.45) is 0 Å². The summed E-state index contributed by atoms with van der Waals surface area (Å²) in [7, 11) is 0. The molecule has 1 saturated heterocycles. The van der Waals surface area contributed by atoms with Gasteiger partial charge in [-0.25, -0.2) is 0 Å². The van der Waals surface area contributed by atoms with E-state index in [1.54, 1.807) is 4.90 Å². The molecule has 2 aromatic rings. The van der Waals surface area contributed by atoms with Crippen LogP contribution in [0.15, 0.2) is 36.4 Å². The summed E-state index contributed by atoms with van der Waals surface area (Å²) in [6, 6.07) is 11.6. The number of hydrogen-bond acceptors (Lipinski definition) is 3. The Morgan fingerprint density at radius 3 is 2.07 bits per heavy atom. The largest absolute Gasteiger partial charge is 0.483 e. The van der Waals surface area contributed by atoms with Gasteiger partial charge in [0.1, 0.15) is 5.75 Å². The zero-order chi connectivity index (χ0) is 21.7. The van der Waals surface area contributed by atoms with E-state index in [1.807, 2.05) is 56.0 Å². The predicted molar refractivity (Wildman–Crippen MR) is 119 cm³/mol. The van der Waals surface area contributed by atoms with Gasteiger partial charge in [0.05, 0.1) is 0 Å². The number of benzene rings is 2. The van der Waals surface area contributed by atoms with Gasteiger partial charge < -0.3 is 14.5 Å². The molecule has 6 heteroatoms. The van der Waals surface area contributed by atoms with Gasteiger partial charge in [-0.05, 0) is 61.6 Å². The minimum atomic E-state index is -0.0384. The second-order valence-electron chi connectivity index (χ2n) is 7.83. The van der Waals surface area contributed by atoms with E-state index in [-0.39, 0.29) is 18.4 Å². The summed E-state index contributed by atoms with van der Waals surface area (Å²) in [5.41, 5.74) is 4.34. The highest BCUT2D eigenvalue weighted by atomic mass is 35.5. The van der Waals surface area contributed by atoms with Crippen molar-refractivity contribution in [1.82, 2.24) is 9.80 Å². The monoisotopic (exact) mass is 428 g/mol. The summed E-state index contributed by atoms with van der Waals surface area (Å²) in [5.74, 6) is 0.877. The van der Waals surface area contributed by atoms with Crippen LogP contribution < -0.4 is 4.74 Å². The van der Waals surface area contributed by atoms with Crippen molar-refractivity contribution >= 4 is 23.4 Å². The number of nitrogens with zero attached hydrogens (tertiary/aromatic N) is 2. The molecule has 0 atom stereocenters. The molecule has 1 aliphatic rings. The van der Waals surface area contributed by atoms with Crippen LogP contribution in [0.4, 0.5) is 0 Å². The zero-order valence-electron chi connectivity index (χ0n) is 17.9. The third-order valence-electron chi connectivity index (χ3n) is 5.74. The highest BCUT2D eigenvalue weighted by molar-refractivity contribution is 6.30. The molecule has 0 radical (unpaired) electrons. The maximum atomic E-state index is 12.6. The topological polar surface area (TPSA) is 49.9 Å². The molecule has 0 aliphatic carbocycles. The minimum Gasteiger partial charge on any atom is -0.483 e. The Balaban J connectivity index is 1.44. The molecule has 3 rings (SSSR count). The number of halogens is 1. The fourth-order valence-electron chi connectivity index (χ4n) is 3.64. The summed E-state index contributed by atoms with van der Waals surface area (Å²) < 4.78 is 5.85. The molecule has 1 aliphatic heterocycles. The first-order chi connectivity index (χ1) is 14.3. The van der Waals surface area contributed by atoms with Crippen LogP contribution in [0.1, 0.15) is 28.7 Å². The van der Waals surface area contributed by atoms with Gasteiger partial charge in [-0.3, -0.25) is 9.59 Å². The van der Waals surface area contributed by atoms with E-state index in [4.69, 9.17) is 16.3 Å². The van der Waals surface area contributed by atoms with Crippen molar-refractivity contribution in [2.75, 3.05) is 32.8 Å². The lowest BCUT2D eigenvalue weighted by Gasteiger charge is -2.35. The molecule has 0 saturated carbocycles. The van der Waals surface area contributed by atoms with E-state index in [2.05, 4.69) is 6.07 Å². The minimum absolute atomic E-state index is 0.0235. The number of rotatable bonds is 6. The van der Waals surface area contributed by atoms with Crippen LogP contribution in [0.3, 0.4) is 0 Å². The van der Waals surface area contributed by atoms with E-state index in [9.17, 15) is 9.59 Å².